The Morgan fingerprint density at radius 3 is 2.82 bits per heavy atom. The van der Waals surface area contributed by atoms with Crippen LogP contribution in [0.1, 0.15) is 12.8 Å². The van der Waals surface area contributed by atoms with Crippen LogP contribution in [0, 0.1) is 5.92 Å². The van der Waals surface area contributed by atoms with Gasteiger partial charge < -0.3 is 10.4 Å². The summed E-state index contributed by atoms with van der Waals surface area (Å²) in [7, 11) is -4.01. The fourth-order valence-electron chi connectivity index (χ4n) is 4.27. The van der Waals surface area contributed by atoms with E-state index in [1.165, 1.54) is 0 Å². The molecule has 0 spiro atoms. The molecule has 3 atom stereocenters. The summed E-state index contributed by atoms with van der Waals surface area (Å²) in [5, 5.41) is 25.0. The van der Waals surface area contributed by atoms with Crippen molar-refractivity contribution in [2.45, 2.75) is 25.0 Å². The van der Waals surface area contributed by atoms with Gasteiger partial charge in [-0.25, -0.2) is 10.1 Å². The number of halogens is 1. The minimum Gasteiger partial charge on any atom is -0.391 e. The van der Waals surface area contributed by atoms with Crippen LogP contribution in [0.5, 0.6) is 0 Å². The van der Waals surface area contributed by atoms with Crippen LogP contribution >= 0.6 is 11.6 Å². The highest BCUT2D eigenvalue weighted by Crippen LogP contribution is 2.31. The van der Waals surface area contributed by atoms with Crippen molar-refractivity contribution in [3.63, 3.8) is 0 Å². The van der Waals surface area contributed by atoms with Crippen LogP contribution in [0.3, 0.4) is 0 Å². The molecule has 0 aliphatic heterocycles. The van der Waals surface area contributed by atoms with Gasteiger partial charge in [0.1, 0.15) is 5.82 Å². The van der Waals surface area contributed by atoms with Gasteiger partial charge in [-0.3, -0.25) is 9.17 Å². The van der Waals surface area contributed by atoms with Gasteiger partial charge in [-0.1, -0.05) is 17.7 Å². The smallest absolute Gasteiger partial charge is 0.333 e. The topological polar surface area (TPSA) is 145 Å². The van der Waals surface area contributed by atoms with Crippen molar-refractivity contribution < 1.29 is 17.7 Å². The third kappa shape index (κ3) is 4.63. The molecule has 172 valence electrons. The first-order chi connectivity index (χ1) is 15.8. The molecular weight excluding hydrogens is 468 g/mol. The van der Waals surface area contributed by atoms with Crippen LogP contribution in [0.15, 0.2) is 48.8 Å². The molecule has 4 N–H and O–H groups in total. The Bertz CT molecular complexity index is 1440. The number of aromatic nitrogens is 4. The van der Waals surface area contributed by atoms with Gasteiger partial charge in [-0.2, -0.15) is 18.0 Å². The summed E-state index contributed by atoms with van der Waals surface area (Å²) in [6, 6.07) is 10.8. The van der Waals surface area contributed by atoms with Crippen molar-refractivity contribution in [2.24, 2.45) is 11.1 Å². The average Bonchev–Trinajstić information content (AvgIpc) is 3.35. The summed E-state index contributed by atoms with van der Waals surface area (Å²) in [6.07, 6.45) is 3.62. The normalized spacial score (nSPS) is 21.1. The molecule has 0 amide bonds. The van der Waals surface area contributed by atoms with Crippen LogP contribution in [0.2, 0.25) is 5.02 Å². The molecule has 1 saturated carbocycles. The Morgan fingerprint density at radius 1 is 1.18 bits per heavy atom. The molecule has 4 aromatic rings. The zero-order valence-corrected chi connectivity index (χ0v) is 18.9. The number of aliphatic hydroxyl groups is 1. The molecule has 1 aliphatic rings. The number of fused-ring (bicyclic) bond motifs is 2. The van der Waals surface area contributed by atoms with E-state index >= 15 is 0 Å². The third-order valence-electron chi connectivity index (χ3n) is 5.77. The molecule has 1 aromatic carbocycles. The quantitative estimate of drug-likeness (QED) is 0.375. The molecule has 3 aromatic heterocycles. The molecule has 3 heterocycles. The van der Waals surface area contributed by atoms with Crippen molar-refractivity contribution in [2.75, 3.05) is 11.9 Å². The van der Waals surface area contributed by atoms with Crippen LogP contribution in [0.4, 0.5) is 5.82 Å². The molecule has 1 fully saturated rings. The van der Waals surface area contributed by atoms with Crippen LogP contribution < -0.4 is 10.5 Å². The van der Waals surface area contributed by atoms with Crippen molar-refractivity contribution >= 4 is 44.3 Å². The lowest BCUT2D eigenvalue weighted by Crippen LogP contribution is -2.29. The highest BCUT2D eigenvalue weighted by atomic mass is 35.5. The second-order valence-corrected chi connectivity index (χ2v) is 9.74. The Morgan fingerprint density at radius 2 is 2.00 bits per heavy atom. The fourth-order valence-corrected chi connectivity index (χ4v) is 4.82. The number of benzene rings is 1. The molecule has 12 heteroatoms. The summed E-state index contributed by atoms with van der Waals surface area (Å²) in [4.78, 5) is 8.79. The van der Waals surface area contributed by atoms with Gasteiger partial charge in [0.25, 0.3) is 0 Å². The predicted octanol–water partition coefficient (Wildman–Crippen LogP) is 2.37. The molecule has 0 bridgehead atoms. The predicted molar refractivity (Wildman–Crippen MR) is 124 cm³/mol. The molecule has 0 radical (unpaired) electrons. The van der Waals surface area contributed by atoms with Gasteiger partial charge in [0.15, 0.2) is 5.65 Å². The summed E-state index contributed by atoms with van der Waals surface area (Å²) in [5.74, 6) is 0.515. The highest BCUT2D eigenvalue weighted by Gasteiger charge is 2.34. The Labute approximate surface area is 194 Å². The zero-order valence-electron chi connectivity index (χ0n) is 17.3. The minimum atomic E-state index is -4.01. The number of aliphatic hydroxyl groups excluding tert-OH is 1. The van der Waals surface area contributed by atoms with Gasteiger partial charge >= 0.3 is 10.3 Å². The number of hydrogen-bond donors (Lipinski definition) is 3. The highest BCUT2D eigenvalue weighted by molar-refractivity contribution is 7.84. The van der Waals surface area contributed by atoms with E-state index in [-0.39, 0.29) is 18.6 Å². The molecular formula is C21H21ClN6O4S. The van der Waals surface area contributed by atoms with Crippen molar-refractivity contribution in [1.82, 2.24) is 19.6 Å². The second-order valence-electron chi connectivity index (χ2n) is 8.08. The SMILES string of the molecule is NS(=O)(=O)OC[C@@H]1C[C@@H](O)[C@H](Nc2ccnc3cc(-c4ccnc5cc(Cl)ccc45)nn23)C1. The van der Waals surface area contributed by atoms with E-state index in [0.717, 1.165) is 22.2 Å². The number of pyridine rings is 1. The molecule has 0 unspecified atom stereocenters. The molecule has 0 saturated heterocycles. The van der Waals surface area contributed by atoms with Gasteiger partial charge in [0.05, 0.1) is 30.0 Å². The van der Waals surface area contributed by atoms with Gasteiger partial charge in [0, 0.05) is 34.4 Å². The van der Waals surface area contributed by atoms with Crippen molar-refractivity contribution in [1.29, 1.82) is 0 Å². The van der Waals surface area contributed by atoms with E-state index in [1.54, 1.807) is 29.0 Å². The second kappa shape index (κ2) is 8.50. The minimum absolute atomic E-state index is 0.0646. The van der Waals surface area contributed by atoms with Crippen LogP contribution in [-0.4, -0.2) is 51.9 Å². The molecule has 1 aliphatic carbocycles. The van der Waals surface area contributed by atoms with E-state index in [2.05, 4.69) is 15.3 Å². The zero-order chi connectivity index (χ0) is 23.2. The van der Waals surface area contributed by atoms with Crippen LogP contribution in [0.25, 0.3) is 27.8 Å². The number of nitrogens with zero attached hydrogens (tertiary/aromatic N) is 4. The van der Waals surface area contributed by atoms with E-state index < -0.39 is 16.4 Å². The standard InChI is InChI=1S/C21H21ClN6O4S/c22-13-1-2-14-15(3-5-24-16(14)9-13)17-10-21-25-6-4-20(28(21)27-17)26-18-7-12(8-19(18)29)11-32-33(23,30)31/h1-6,9-10,12,18-19,26,29H,7-8,11H2,(H2,23,30,31)/t12-,18+,19+/m0/s1. The maximum Gasteiger partial charge on any atom is 0.333 e. The maximum absolute atomic E-state index is 11.1. The molecule has 10 nitrogen and oxygen atoms in total. The van der Waals surface area contributed by atoms with E-state index in [0.29, 0.717) is 29.3 Å². The largest absolute Gasteiger partial charge is 0.391 e. The summed E-state index contributed by atoms with van der Waals surface area (Å²) in [6.45, 7) is -0.0646. The van der Waals surface area contributed by atoms with E-state index in [4.69, 9.17) is 26.0 Å². The maximum atomic E-state index is 11.1. The first-order valence-corrected chi connectivity index (χ1v) is 12.1. The summed E-state index contributed by atoms with van der Waals surface area (Å²) < 4.78 is 28.5. The lowest BCUT2D eigenvalue weighted by molar-refractivity contribution is 0.160. The Hall–Kier alpha value is -2.83. The van der Waals surface area contributed by atoms with Gasteiger partial charge in [0.2, 0.25) is 0 Å². The van der Waals surface area contributed by atoms with E-state index in [9.17, 15) is 13.5 Å². The first kappa shape index (κ1) is 22.0. The summed E-state index contributed by atoms with van der Waals surface area (Å²) >= 11 is 6.10. The number of rotatable bonds is 6. The lowest BCUT2D eigenvalue weighted by Gasteiger charge is -2.18. The third-order valence-corrected chi connectivity index (χ3v) is 6.47. The average molecular weight is 489 g/mol. The number of nitrogens with one attached hydrogen (secondary N) is 1. The first-order valence-electron chi connectivity index (χ1n) is 10.3. The lowest BCUT2D eigenvalue weighted by atomic mass is 10.1. The van der Waals surface area contributed by atoms with Crippen LogP contribution in [-0.2, 0) is 14.5 Å². The van der Waals surface area contributed by atoms with Crippen molar-refractivity contribution in [3.05, 3.63) is 53.8 Å². The van der Waals surface area contributed by atoms with Gasteiger partial charge in [-0.15, -0.1) is 0 Å². The fraction of sp³-hybridized carbons (Fsp3) is 0.286. The van der Waals surface area contributed by atoms with Gasteiger partial charge in [-0.05, 0) is 43.0 Å². The summed E-state index contributed by atoms with van der Waals surface area (Å²) in [5.41, 5.74) is 3.02. The number of hydrogen-bond acceptors (Lipinski definition) is 8. The number of anilines is 1. The monoisotopic (exact) mass is 488 g/mol. The Balaban J connectivity index is 1.43. The molecule has 33 heavy (non-hydrogen) atoms. The van der Waals surface area contributed by atoms with Crippen molar-refractivity contribution in [3.8, 4) is 11.3 Å². The molecule has 5 rings (SSSR count). The Kier molecular flexibility index (Phi) is 5.67. The van der Waals surface area contributed by atoms with E-state index in [1.807, 2.05) is 24.3 Å². The number of nitrogens with two attached hydrogens (primary N) is 1.